The molecule has 0 aliphatic heterocycles. The number of Topliss-reactive ketones (excluding diaryl/α,β-unsaturated/α-hetero) is 1. The summed E-state index contributed by atoms with van der Waals surface area (Å²) < 4.78 is 5.70. The summed E-state index contributed by atoms with van der Waals surface area (Å²) in [6.45, 7) is 0.412. The van der Waals surface area contributed by atoms with E-state index in [4.69, 9.17) is 16.3 Å². The Kier molecular flexibility index (Phi) is 5.98. The number of nitrogens with one attached hydrogen (secondary N) is 1. The lowest BCUT2D eigenvalue weighted by atomic mass is 10.1. The van der Waals surface area contributed by atoms with Crippen molar-refractivity contribution in [2.24, 2.45) is 0 Å². The number of methoxy groups -OCH3 is 1. The van der Waals surface area contributed by atoms with Gasteiger partial charge in [0.25, 0.3) is 0 Å². The fourth-order valence-corrected chi connectivity index (χ4v) is 2.90. The molecule has 2 aromatic rings. The zero-order chi connectivity index (χ0) is 15.9. The highest BCUT2D eigenvalue weighted by molar-refractivity contribution is 7.18. The van der Waals surface area contributed by atoms with Gasteiger partial charge in [-0.05, 0) is 29.8 Å². The molecule has 1 aromatic heterocycles. The third-order valence-electron chi connectivity index (χ3n) is 3.05. The maximum Gasteiger partial charge on any atom is 0.220 e. The molecule has 1 N–H and O–H groups in total. The van der Waals surface area contributed by atoms with Crippen molar-refractivity contribution in [2.75, 3.05) is 7.11 Å². The van der Waals surface area contributed by atoms with Crippen LogP contribution in [0.5, 0.6) is 5.75 Å². The summed E-state index contributed by atoms with van der Waals surface area (Å²) in [5, 5.41) is 2.79. The second-order valence-corrected chi connectivity index (χ2v) is 6.37. The Morgan fingerprint density at radius 1 is 1.23 bits per heavy atom. The van der Waals surface area contributed by atoms with E-state index in [1.165, 1.54) is 11.3 Å². The highest BCUT2D eigenvalue weighted by Gasteiger charge is 2.11. The number of carbonyl (C=O) groups is 2. The summed E-state index contributed by atoms with van der Waals surface area (Å²) in [5.74, 6) is 0.531. The van der Waals surface area contributed by atoms with E-state index < -0.39 is 0 Å². The van der Waals surface area contributed by atoms with Gasteiger partial charge >= 0.3 is 0 Å². The van der Waals surface area contributed by atoms with Gasteiger partial charge in [0.1, 0.15) is 5.75 Å². The van der Waals surface area contributed by atoms with Crippen molar-refractivity contribution in [3.63, 3.8) is 0 Å². The van der Waals surface area contributed by atoms with E-state index >= 15 is 0 Å². The second kappa shape index (κ2) is 7.96. The van der Waals surface area contributed by atoms with Crippen molar-refractivity contribution in [3.8, 4) is 5.75 Å². The average molecular weight is 338 g/mol. The Morgan fingerprint density at radius 2 is 2.05 bits per heavy atom. The molecule has 0 fully saturated rings. The highest BCUT2D eigenvalue weighted by Crippen LogP contribution is 2.22. The molecule has 1 aromatic carbocycles. The van der Waals surface area contributed by atoms with Gasteiger partial charge in [-0.1, -0.05) is 23.7 Å². The van der Waals surface area contributed by atoms with E-state index in [9.17, 15) is 9.59 Å². The molecule has 0 radical (unpaired) electrons. The monoisotopic (exact) mass is 337 g/mol. The molecule has 1 heterocycles. The molecule has 0 atom stereocenters. The van der Waals surface area contributed by atoms with Gasteiger partial charge in [0, 0.05) is 19.4 Å². The molecule has 6 heteroatoms. The number of halogens is 1. The van der Waals surface area contributed by atoms with E-state index in [0.717, 1.165) is 11.3 Å². The minimum atomic E-state index is -0.154. The standard InChI is InChI=1S/C16H16ClNO3S/c1-21-12-4-2-3-11(9-12)10-18-16(20)8-5-13(19)14-6-7-15(17)22-14/h2-4,6-7,9H,5,8,10H2,1H3,(H,18,20). The van der Waals surface area contributed by atoms with Crippen LogP contribution in [0.1, 0.15) is 28.1 Å². The molecular weight excluding hydrogens is 322 g/mol. The molecule has 22 heavy (non-hydrogen) atoms. The molecule has 0 bridgehead atoms. The first-order valence-electron chi connectivity index (χ1n) is 6.76. The molecule has 1 amide bonds. The number of rotatable bonds is 7. The molecular formula is C16H16ClNO3S. The molecule has 0 saturated heterocycles. The summed E-state index contributed by atoms with van der Waals surface area (Å²) in [6, 6.07) is 10.8. The van der Waals surface area contributed by atoms with Crippen LogP contribution in [-0.2, 0) is 11.3 Å². The number of hydrogen-bond acceptors (Lipinski definition) is 4. The quantitative estimate of drug-likeness (QED) is 0.784. The number of hydrogen-bond donors (Lipinski definition) is 1. The maximum absolute atomic E-state index is 11.9. The summed E-state index contributed by atoms with van der Waals surface area (Å²) in [7, 11) is 1.60. The molecule has 0 spiro atoms. The fourth-order valence-electron chi connectivity index (χ4n) is 1.89. The molecule has 116 valence electrons. The lowest BCUT2D eigenvalue weighted by molar-refractivity contribution is -0.121. The first-order valence-corrected chi connectivity index (χ1v) is 7.96. The molecule has 4 nitrogen and oxygen atoms in total. The second-order valence-electron chi connectivity index (χ2n) is 4.66. The van der Waals surface area contributed by atoms with Gasteiger partial charge in [0.05, 0.1) is 16.3 Å². The van der Waals surface area contributed by atoms with Crippen LogP contribution in [0.15, 0.2) is 36.4 Å². The summed E-state index contributed by atoms with van der Waals surface area (Å²) in [4.78, 5) is 24.3. The zero-order valence-electron chi connectivity index (χ0n) is 12.1. The Balaban J connectivity index is 1.77. The Hall–Kier alpha value is -1.85. The minimum absolute atomic E-state index is 0.0616. The van der Waals surface area contributed by atoms with Crippen molar-refractivity contribution in [3.05, 3.63) is 51.2 Å². The minimum Gasteiger partial charge on any atom is -0.497 e. The molecule has 0 aliphatic rings. The van der Waals surface area contributed by atoms with Crippen molar-refractivity contribution < 1.29 is 14.3 Å². The zero-order valence-corrected chi connectivity index (χ0v) is 13.7. The molecule has 2 rings (SSSR count). The predicted molar refractivity (Wildman–Crippen MR) is 87.7 cm³/mol. The first-order chi connectivity index (χ1) is 10.6. The van der Waals surface area contributed by atoms with Crippen LogP contribution in [0.4, 0.5) is 0 Å². The topological polar surface area (TPSA) is 55.4 Å². The molecule has 0 unspecified atom stereocenters. The normalized spacial score (nSPS) is 10.3. The van der Waals surface area contributed by atoms with Crippen molar-refractivity contribution >= 4 is 34.6 Å². The van der Waals surface area contributed by atoms with Gasteiger partial charge in [-0.15, -0.1) is 11.3 Å². The van der Waals surface area contributed by atoms with Gasteiger partial charge < -0.3 is 10.1 Å². The van der Waals surface area contributed by atoms with Gasteiger partial charge in [0.2, 0.25) is 5.91 Å². The number of ketones is 1. The van der Waals surface area contributed by atoms with Crippen molar-refractivity contribution in [1.29, 1.82) is 0 Å². The van der Waals surface area contributed by atoms with Crippen LogP contribution in [0, 0.1) is 0 Å². The van der Waals surface area contributed by atoms with Crippen LogP contribution in [0.2, 0.25) is 4.34 Å². The lowest BCUT2D eigenvalue weighted by Crippen LogP contribution is -2.23. The van der Waals surface area contributed by atoms with Crippen LogP contribution < -0.4 is 10.1 Å². The lowest BCUT2D eigenvalue weighted by Gasteiger charge is -2.06. The van der Waals surface area contributed by atoms with E-state index in [1.54, 1.807) is 19.2 Å². The number of thiophene rings is 1. The highest BCUT2D eigenvalue weighted by atomic mass is 35.5. The van der Waals surface area contributed by atoms with Crippen molar-refractivity contribution in [2.45, 2.75) is 19.4 Å². The number of carbonyl (C=O) groups excluding carboxylic acids is 2. The largest absolute Gasteiger partial charge is 0.497 e. The molecule has 0 aliphatic carbocycles. The summed E-state index contributed by atoms with van der Waals surface area (Å²) >= 11 is 7.02. The van der Waals surface area contributed by atoms with Gasteiger partial charge in [-0.3, -0.25) is 9.59 Å². The van der Waals surface area contributed by atoms with Crippen LogP contribution in [0.25, 0.3) is 0 Å². The smallest absolute Gasteiger partial charge is 0.220 e. The van der Waals surface area contributed by atoms with E-state index in [0.29, 0.717) is 15.8 Å². The summed E-state index contributed by atoms with van der Waals surface area (Å²) in [5.41, 5.74) is 0.948. The van der Waals surface area contributed by atoms with E-state index in [1.807, 2.05) is 24.3 Å². The Morgan fingerprint density at radius 3 is 2.73 bits per heavy atom. The van der Waals surface area contributed by atoms with Gasteiger partial charge in [-0.25, -0.2) is 0 Å². The van der Waals surface area contributed by atoms with Gasteiger partial charge in [-0.2, -0.15) is 0 Å². The van der Waals surface area contributed by atoms with E-state index in [-0.39, 0.29) is 24.5 Å². The van der Waals surface area contributed by atoms with Gasteiger partial charge in [0.15, 0.2) is 5.78 Å². The first kappa shape index (κ1) is 16.5. The van der Waals surface area contributed by atoms with Crippen LogP contribution in [-0.4, -0.2) is 18.8 Å². The number of ether oxygens (including phenoxy) is 1. The Labute approximate surface area is 138 Å². The SMILES string of the molecule is COc1cccc(CNC(=O)CCC(=O)c2ccc(Cl)s2)c1. The van der Waals surface area contributed by atoms with Crippen molar-refractivity contribution in [1.82, 2.24) is 5.32 Å². The number of amides is 1. The fraction of sp³-hybridized carbons (Fsp3) is 0.250. The number of benzene rings is 1. The molecule has 0 saturated carbocycles. The van der Waals surface area contributed by atoms with Crippen LogP contribution in [0.3, 0.4) is 0 Å². The maximum atomic E-state index is 11.9. The van der Waals surface area contributed by atoms with Crippen LogP contribution >= 0.6 is 22.9 Å². The third kappa shape index (κ3) is 4.86. The average Bonchev–Trinajstić information content (AvgIpc) is 2.97. The third-order valence-corrected chi connectivity index (χ3v) is 4.32. The van der Waals surface area contributed by atoms with E-state index in [2.05, 4.69) is 5.32 Å². The Bertz CT molecular complexity index is 669. The predicted octanol–water partition coefficient (Wildman–Crippen LogP) is 3.69. The summed E-state index contributed by atoms with van der Waals surface area (Å²) in [6.07, 6.45) is 0.346.